The van der Waals surface area contributed by atoms with Gasteiger partial charge in [0.1, 0.15) is 28.2 Å². The first-order chi connectivity index (χ1) is 16.7. The molecule has 10 nitrogen and oxygen atoms in total. The summed E-state index contributed by atoms with van der Waals surface area (Å²) in [6.45, 7) is 2.26. The van der Waals surface area contributed by atoms with Crippen LogP contribution in [0.4, 0.5) is 10.2 Å². The Hall–Kier alpha value is -3.64. The van der Waals surface area contributed by atoms with Crippen molar-refractivity contribution in [3.8, 4) is 23.0 Å². The number of nitrogens with zero attached hydrogens (tertiary/aromatic N) is 1. The minimum atomic E-state index is -3.67. The Morgan fingerprint density at radius 1 is 1.26 bits per heavy atom. The van der Waals surface area contributed by atoms with Crippen molar-refractivity contribution in [2.75, 3.05) is 31.4 Å². The molecule has 0 bridgehead atoms. The fourth-order valence-corrected chi connectivity index (χ4v) is 4.89. The Labute approximate surface area is 201 Å². The number of aromatic amines is 1. The summed E-state index contributed by atoms with van der Waals surface area (Å²) in [5.41, 5.74) is 0.166. The number of carbonyl (C=O) groups is 1. The minimum Gasteiger partial charge on any atom is -0.492 e. The number of H-pyrrole nitrogens is 1. The van der Waals surface area contributed by atoms with Crippen LogP contribution in [0.25, 0.3) is 0 Å². The quantitative estimate of drug-likeness (QED) is 0.476. The molecule has 2 N–H and O–H groups in total. The number of fused-ring (bicyclic) bond motifs is 1. The summed E-state index contributed by atoms with van der Waals surface area (Å²) >= 11 is 0. The highest BCUT2D eigenvalue weighted by Crippen LogP contribution is 2.37. The highest BCUT2D eigenvalue weighted by molar-refractivity contribution is 7.91. The van der Waals surface area contributed by atoms with Gasteiger partial charge in [0.25, 0.3) is 5.91 Å². The highest BCUT2D eigenvalue weighted by atomic mass is 32.2. The molecule has 1 atom stereocenters. The molecule has 0 radical (unpaired) electrons. The molecule has 0 spiro atoms. The van der Waals surface area contributed by atoms with E-state index < -0.39 is 21.6 Å². The fraction of sp³-hybridized carbons (Fsp3) is 0.304. The maximum atomic E-state index is 14.9. The second kappa shape index (κ2) is 10.3. The largest absolute Gasteiger partial charge is 0.492 e. The van der Waals surface area contributed by atoms with Gasteiger partial charge in [-0.25, -0.2) is 12.8 Å². The Morgan fingerprint density at radius 2 is 2.06 bits per heavy atom. The molecule has 0 unspecified atom stereocenters. The summed E-state index contributed by atoms with van der Waals surface area (Å²) in [6.07, 6.45) is 1.50. The van der Waals surface area contributed by atoms with E-state index in [1.165, 1.54) is 31.4 Å². The van der Waals surface area contributed by atoms with Gasteiger partial charge in [0.05, 0.1) is 19.0 Å². The molecule has 0 aliphatic carbocycles. The van der Waals surface area contributed by atoms with Crippen molar-refractivity contribution in [2.45, 2.75) is 24.3 Å². The molecule has 0 fully saturated rings. The molecule has 4 rings (SSSR count). The maximum Gasteiger partial charge on any atom is 0.257 e. The summed E-state index contributed by atoms with van der Waals surface area (Å²) in [5, 5.41) is 9.11. The lowest BCUT2D eigenvalue weighted by Gasteiger charge is -2.17. The number of ether oxygens (including phenoxy) is 4. The lowest BCUT2D eigenvalue weighted by Crippen LogP contribution is -2.18. The molecule has 3 aromatic rings. The van der Waals surface area contributed by atoms with Crippen molar-refractivity contribution in [2.24, 2.45) is 0 Å². The normalized spacial score (nSPS) is 15.3. The number of rotatable bonds is 8. The zero-order valence-corrected chi connectivity index (χ0v) is 19.9. The molecule has 1 aliphatic heterocycles. The summed E-state index contributed by atoms with van der Waals surface area (Å²) < 4.78 is 61.8. The molecule has 1 aliphatic rings. The van der Waals surface area contributed by atoms with E-state index in [4.69, 9.17) is 18.9 Å². The number of halogens is 1. The van der Waals surface area contributed by atoms with E-state index in [9.17, 15) is 17.6 Å². The van der Waals surface area contributed by atoms with Gasteiger partial charge in [-0.2, -0.15) is 5.10 Å². The number of hydrogen-bond acceptors (Lipinski definition) is 8. The molecule has 2 heterocycles. The number of methoxy groups -OCH3 is 1. The van der Waals surface area contributed by atoms with Gasteiger partial charge in [0.2, 0.25) is 0 Å². The smallest absolute Gasteiger partial charge is 0.257 e. The van der Waals surface area contributed by atoms with Crippen LogP contribution in [0.3, 0.4) is 0 Å². The fourth-order valence-electron chi connectivity index (χ4n) is 3.47. The van der Waals surface area contributed by atoms with Crippen LogP contribution in [0.2, 0.25) is 0 Å². The zero-order valence-electron chi connectivity index (χ0n) is 19.0. The third-order valence-corrected chi connectivity index (χ3v) is 6.81. The first kappa shape index (κ1) is 24.5. The monoisotopic (exact) mass is 505 g/mol. The van der Waals surface area contributed by atoms with Crippen molar-refractivity contribution in [3.05, 3.63) is 54.0 Å². The number of carbonyl (C=O) groups excluding carboxylic acids is 1. The first-order valence-corrected chi connectivity index (χ1v) is 12.4. The van der Waals surface area contributed by atoms with Gasteiger partial charge < -0.3 is 24.3 Å². The predicted molar refractivity (Wildman–Crippen MR) is 124 cm³/mol. The van der Waals surface area contributed by atoms with Crippen molar-refractivity contribution in [3.63, 3.8) is 0 Å². The molecule has 2 aromatic carbocycles. The predicted octanol–water partition coefficient (Wildman–Crippen LogP) is 3.56. The summed E-state index contributed by atoms with van der Waals surface area (Å²) in [7, 11) is -2.14. The number of sulfone groups is 1. The average Bonchev–Trinajstić information content (AvgIpc) is 3.26. The third-order valence-electron chi connectivity index (χ3n) is 5.00. The molecular formula is C23H24FN3O7S. The number of nitrogens with one attached hydrogen (secondary N) is 2. The zero-order chi connectivity index (χ0) is 25.0. The lowest BCUT2D eigenvalue weighted by molar-refractivity contribution is 0.0915. The molecular weight excluding hydrogens is 481 g/mol. The van der Waals surface area contributed by atoms with Crippen LogP contribution in [0, 0.1) is 5.82 Å². The molecule has 0 saturated carbocycles. The van der Waals surface area contributed by atoms with Gasteiger partial charge in [-0.05, 0) is 25.5 Å². The van der Waals surface area contributed by atoms with E-state index in [0.29, 0.717) is 18.8 Å². The van der Waals surface area contributed by atoms with Gasteiger partial charge in [-0.1, -0.05) is 0 Å². The van der Waals surface area contributed by atoms with Crippen molar-refractivity contribution >= 4 is 21.6 Å². The maximum absolute atomic E-state index is 14.9. The van der Waals surface area contributed by atoms with Gasteiger partial charge in [-0.3, -0.25) is 9.89 Å². The summed E-state index contributed by atoms with van der Waals surface area (Å²) in [6, 6.07) is 8.05. The van der Waals surface area contributed by atoms with Crippen LogP contribution >= 0.6 is 0 Å². The van der Waals surface area contributed by atoms with E-state index in [1.807, 2.05) is 0 Å². The van der Waals surface area contributed by atoms with Crippen LogP contribution in [-0.2, 0) is 14.6 Å². The first-order valence-electron chi connectivity index (χ1n) is 10.7. The van der Waals surface area contributed by atoms with Crippen LogP contribution in [-0.4, -0.2) is 56.7 Å². The third kappa shape index (κ3) is 5.89. The standard InChI is InChI=1S/C23H24FN3O7S/c1-14(13-31-2)33-16-8-15(23(28)26-22-4-5-25-27-22)9-17(10-16)34-19-12-20-21(11-18(19)24)35(29,30)7-3-6-32-20/h4-5,8-12,14H,3,6-7,13H2,1-2H3,(H2,25,26,27,28)/t14-/m0/s1. The number of anilines is 1. The molecule has 1 amide bonds. The lowest BCUT2D eigenvalue weighted by atomic mass is 10.2. The number of benzene rings is 2. The van der Waals surface area contributed by atoms with Gasteiger partial charge >= 0.3 is 0 Å². The van der Waals surface area contributed by atoms with E-state index >= 15 is 0 Å². The Morgan fingerprint density at radius 3 is 2.80 bits per heavy atom. The summed E-state index contributed by atoms with van der Waals surface area (Å²) in [4.78, 5) is 12.6. The second-order valence-corrected chi connectivity index (χ2v) is 9.92. The average molecular weight is 506 g/mol. The van der Waals surface area contributed by atoms with Crippen LogP contribution in [0.5, 0.6) is 23.0 Å². The van der Waals surface area contributed by atoms with Gasteiger partial charge in [0, 0.05) is 43.1 Å². The van der Waals surface area contributed by atoms with Crippen molar-refractivity contribution in [1.82, 2.24) is 10.2 Å². The SMILES string of the molecule is COC[C@H](C)Oc1cc(Oc2cc3c(cc2F)S(=O)(=O)CCCO3)cc(C(=O)Nc2cc[nH]n2)c1. The van der Waals surface area contributed by atoms with Crippen molar-refractivity contribution < 1.29 is 36.6 Å². The van der Waals surface area contributed by atoms with Crippen LogP contribution in [0.15, 0.2) is 47.5 Å². The number of aromatic nitrogens is 2. The molecule has 0 saturated heterocycles. The highest BCUT2D eigenvalue weighted by Gasteiger charge is 2.26. The van der Waals surface area contributed by atoms with E-state index in [0.717, 1.165) is 6.07 Å². The molecule has 35 heavy (non-hydrogen) atoms. The number of hydrogen-bond donors (Lipinski definition) is 2. The van der Waals surface area contributed by atoms with E-state index in [-0.39, 0.29) is 51.9 Å². The van der Waals surface area contributed by atoms with E-state index in [1.54, 1.807) is 19.2 Å². The van der Waals surface area contributed by atoms with Crippen LogP contribution < -0.4 is 19.5 Å². The van der Waals surface area contributed by atoms with E-state index in [2.05, 4.69) is 15.5 Å². The number of amides is 1. The Balaban J connectivity index is 1.67. The Kier molecular flexibility index (Phi) is 7.22. The van der Waals surface area contributed by atoms with Gasteiger partial charge in [0.15, 0.2) is 27.2 Å². The second-order valence-electron chi connectivity index (χ2n) is 7.84. The summed E-state index contributed by atoms with van der Waals surface area (Å²) in [5.74, 6) is -1.08. The Bertz CT molecular complexity index is 1310. The van der Waals surface area contributed by atoms with Gasteiger partial charge in [-0.15, -0.1) is 0 Å². The molecule has 12 heteroatoms. The topological polar surface area (TPSA) is 129 Å². The molecule has 186 valence electrons. The van der Waals surface area contributed by atoms with Crippen LogP contribution in [0.1, 0.15) is 23.7 Å². The van der Waals surface area contributed by atoms with Crippen molar-refractivity contribution in [1.29, 1.82) is 0 Å². The molecule has 1 aromatic heterocycles. The minimum absolute atomic E-state index is 0.0107.